The number of ether oxygens (including phenoxy) is 3. The van der Waals surface area contributed by atoms with E-state index in [-0.39, 0.29) is 16.7 Å². The highest BCUT2D eigenvalue weighted by Gasteiger charge is 2.35. The van der Waals surface area contributed by atoms with Crippen LogP contribution in [0.1, 0.15) is 19.8 Å². The summed E-state index contributed by atoms with van der Waals surface area (Å²) in [5.74, 6) is -0.821. The molecule has 0 saturated heterocycles. The van der Waals surface area contributed by atoms with Crippen LogP contribution in [0.15, 0.2) is 10.1 Å². The fourth-order valence-corrected chi connectivity index (χ4v) is 1.20. The normalized spacial score (nSPS) is 19.7. The summed E-state index contributed by atoms with van der Waals surface area (Å²) in [6.07, 6.45) is -0.631. The van der Waals surface area contributed by atoms with E-state index in [1.807, 2.05) is 6.92 Å². The second-order valence-corrected chi connectivity index (χ2v) is 3.75. The Balaban J connectivity index is 2.39. The van der Waals surface area contributed by atoms with Crippen LogP contribution >= 0.6 is 23.2 Å². The molecule has 0 amide bonds. The van der Waals surface area contributed by atoms with E-state index in [0.29, 0.717) is 0 Å². The van der Waals surface area contributed by atoms with Crippen molar-refractivity contribution in [3.8, 4) is 0 Å². The molecule has 0 radical (unpaired) electrons. The maximum absolute atomic E-state index is 11.1. The van der Waals surface area contributed by atoms with E-state index < -0.39 is 18.4 Å². The minimum absolute atomic E-state index is 0.154. The van der Waals surface area contributed by atoms with Crippen LogP contribution in [0.2, 0.25) is 0 Å². The van der Waals surface area contributed by atoms with Crippen molar-refractivity contribution >= 4 is 35.3 Å². The average Bonchev–Trinajstić information content (AvgIpc) is 2.47. The molecule has 1 aliphatic heterocycles. The van der Waals surface area contributed by atoms with Crippen LogP contribution in [0.3, 0.4) is 0 Å². The lowest BCUT2D eigenvalue weighted by molar-refractivity contribution is -0.153. The molecule has 0 fully saturated rings. The van der Waals surface area contributed by atoms with Crippen molar-refractivity contribution in [3.63, 3.8) is 0 Å². The van der Waals surface area contributed by atoms with Gasteiger partial charge >= 0.3 is 12.1 Å². The number of unbranched alkanes of at least 4 members (excludes halogenated alkanes) is 1. The van der Waals surface area contributed by atoms with Gasteiger partial charge < -0.3 is 14.2 Å². The zero-order chi connectivity index (χ0) is 12.1. The lowest BCUT2D eigenvalue weighted by atomic mass is 10.4. The number of hydrogen-bond donors (Lipinski definition) is 0. The van der Waals surface area contributed by atoms with Crippen LogP contribution in [0.4, 0.5) is 4.79 Å². The van der Waals surface area contributed by atoms with Crippen LogP contribution in [-0.2, 0) is 19.0 Å². The summed E-state index contributed by atoms with van der Waals surface area (Å²) in [5, 5.41) is -0.438. The minimum atomic E-state index is -1.30. The smallest absolute Gasteiger partial charge is 0.434 e. The van der Waals surface area contributed by atoms with E-state index in [0.717, 1.165) is 12.8 Å². The molecule has 0 saturated carbocycles. The summed E-state index contributed by atoms with van der Waals surface area (Å²) in [5.41, 5.74) is 0. The highest BCUT2D eigenvalue weighted by atomic mass is 35.5. The summed E-state index contributed by atoms with van der Waals surface area (Å²) in [6, 6.07) is 0. The number of cyclic esters (lactones) is 1. The summed E-state index contributed by atoms with van der Waals surface area (Å²) < 4.78 is 13.9. The Morgan fingerprint density at radius 1 is 1.50 bits per heavy atom. The molecule has 1 rings (SSSR count). The fraction of sp³-hybridized carbons (Fsp3) is 0.556. The van der Waals surface area contributed by atoms with Gasteiger partial charge in [0, 0.05) is 0 Å². The second kappa shape index (κ2) is 5.96. The number of hydrogen-bond acceptors (Lipinski definition) is 5. The van der Waals surface area contributed by atoms with Gasteiger partial charge in [0.1, 0.15) is 10.1 Å². The maximum atomic E-state index is 11.1. The number of rotatable bonds is 4. The second-order valence-electron chi connectivity index (χ2n) is 2.97. The molecule has 1 heterocycles. The van der Waals surface area contributed by atoms with Gasteiger partial charge in [0.2, 0.25) is 0 Å². The summed E-state index contributed by atoms with van der Waals surface area (Å²) in [6.45, 7) is 2.19. The molecule has 0 aromatic carbocycles. The minimum Gasteiger partial charge on any atom is -0.434 e. The molecule has 1 unspecified atom stereocenters. The Morgan fingerprint density at radius 2 is 2.19 bits per heavy atom. The monoisotopic (exact) mass is 268 g/mol. The van der Waals surface area contributed by atoms with Crippen LogP contribution in [0.5, 0.6) is 0 Å². The van der Waals surface area contributed by atoms with Gasteiger partial charge in [-0.3, -0.25) is 0 Å². The molecule has 0 N–H and O–H groups in total. The van der Waals surface area contributed by atoms with E-state index in [4.69, 9.17) is 23.2 Å². The average molecular weight is 269 g/mol. The number of carbonyl (C=O) groups is 2. The van der Waals surface area contributed by atoms with Crippen molar-refractivity contribution in [2.24, 2.45) is 0 Å². The van der Waals surface area contributed by atoms with Crippen molar-refractivity contribution in [1.29, 1.82) is 0 Å². The Morgan fingerprint density at radius 3 is 2.69 bits per heavy atom. The summed E-state index contributed by atoms with van der Waals surface area (Å²) >= 11 is 11.1. The lowest BCUT2D eigenvalue weighted by Gasteiger charge is -2.11. The third-order valence-electron chi connectivity index (χ3n) is 1.73. The first kappa shape index (κ1) is 13.1. The summed E-state index contributed by atoms with van der Waals surface area (Å²) in [4.78, 5) is 22.0. The highest BCUT2D eigenvalue weighted by molar-refractivity contribution is 6.48. The Hall–Kier alpha value is -0.940. The first-order valence-electron chi connectivity index (χ1n) is 4.65. The standard InChI is InChI=1S/C9H10Cl2O5/c1-2-3-4-14-9(13)16-8-6(11)5(10)7(12)15-8/h8H,2-4H2,1H3. The Bertz CT molecular complexity index is 326. The van der Waals surface area contributed by atoms with E-state index in [9.17, 15) is 9.59 Å². The van der Waals surface area contributed by atoms with Crippen LogP contribution in [0, 0.1) is 0 Å². The van der Waals surface area contributed by atoms with Gasteiger partial charge in [0.05, 0.1) is 6.61 Å². The molecule has 7 heteroatoms. The topological polar surface area (TPSA) is 61.8 Å². The van der Waals surface area contributed by atoms with E-state index >= 15 is 0 Å². The number of esters is 1. The fourth-order valence-electron chi connectivity index (χ4n) is 0.899. The van der Waals surface area contributed by atoms with Crippen LogP contribution in [-0.4, -0.2) is 25.0 Å². The van der Waals surface area contributed by atoms with Gasteiger partial charge in [-0.1, -0.05) is 36.5 Å². The third-order valence-corrected chi connectivity index (χ3v) is 2.55. The van der Waals surface area contributed by atoms with Crippen LogP contribution in [0.25, 0.3) is 0 Å². The zero-order valence-electron chi connectivity index (χ0n) is 8.50. The molecule has 0 aromatic rings. The van der Waals surface area contributed by atoms with E-state index in [1.165, 1.54) is 0 Å². The maximum Gasteiger partial charge on any atom is 0.511 e. The predicted molar refractivity (Wildman–Crippen MR) is 56.0 cm³/mol. The molecule has 90 valence electrons. The van der Waals surface area contributed by atoms with Gasteiger partial charge in [0.25, 0.3) is 6.29 Å². The molecular weight excluding hydrogens is 259 g/mol. The number of halogens is 2. The van der Waals surface area contributed by atoms with E-state index in [2.05, 4.69) is 14.2 Å². The van der Waals surface area contributed by atoms with Gasteiger partial charge in [-0.05, 0) is 6.42 Å². The first-order chi connectivity index (χ1) is 7.56. The summed E-state index contributed by atoms with van der Waals surface area (Å²) in [7, 11) is 0. The van der Waals surface area contributed by atoms with Crippen molar-refractivity contribution < 1.29 is 23.8 Å². The number of carbonyl (C=O) groups excluding carboxylic acids is 2. The lowest BCUT2D eigenvalue weighted by Crippen LogP contribution is -2.20. The molecule has 16 heavy (non-hydrogen) atoms. The molecule has 1 aliphatic rings. The van der Waals surface area contributed by atoms with Crippen molar-refractivity contribution in [2.75, 3.05) is 6.61 Å². The van der Waals surface area contributed by atoms with Crippen LogP contribution < -0.4 is 0 Å². The quantitative estimate of drug-likeness (QED) is 0.579. The van der Waals surface area contributed by atoms with Gasteiger partial charge in [-0.2, -0.15) is 0 Å². The highest BCUT2D eigenvalue weighted by Crippen LogP contribution is 2.29. The zero-order valence-corrected chi connectivity index (χ0v) is 10.0. The van der Waals surface area contributed by atoms with Crippen molar-refractivity contribution in [3.05, 3.63) is 10.1 Å². The molecule has 0 spiro atoms. The van der Waals surface area contributed by atoms with Crippen molar-refractivity contribution in [1.82, 2.24) is 0 Å². The predicted octanol–water partition coefficient (Wildman–Crippen LogP) is 2.51. The molecular formula is C9H10Cl2O5. The van der Waals surface area contributed by atoms with E-state index in [1.54, 1.807) is 0 Å². The Labute approximate surface area is 102 Å². The van der Waals surface area contributed by atoms with Gasteiger partial charge in [-0.15, -0.1) is 0 Å². The largest absolute Gasteiger partial charge is 0.511 e. The van der Waals surface area contributed by atoms with Crippen molar-refractivity contribution in [2.45, 2.75) is 26.1 Å². The Kier molecular flexibility index (Phi) is 4.89. The third kappa shape index (κ3) is 3.28. The first-order valence-corrected chi connectivity index (χ1v) is 5.41. The molecule has 0 bridgehead atoms. The molecule has 0 aromatic heterocycles. The molecule has 0 aliphatic carbocycles. The van der Waals surface area contributed by atoms with Gasteiger partial charge in [0.15, 0.2) is 0 Å². The molecule has 1 atom stereocenters. The SMILES string of the molecule is CCCCOC(=O)OC1OC(=O)C(Cl)=C1Cl. The van der Waals surface area contributed by atoms with Gasteiger partial charge in [-0.25, -0.2) is 9.59 Å². The molecule has 5 nitrogen and oxygen atoms in total.